The Morgan fingerprint density at radius 2 is 1.82 bits per heavy atom. The van der Waals surface area contributed by atoms with Gasteiger partial charge in [-0.2, -0.15) is 5.26 Å². The lowest BCUT2D eigenvalue weighted by Crippen LogP contribution is -2.50. The Morgan fingerprint density at radius 1 is 1.15 bits per heavy atom. The van der Waals surface area contributed by atoms with Crippen LogP contribution in [0.1, 0.15) is 76.1 Å². The highest BCUT2D eigenvalue weighted by Crippen LogP contribution is 2.49. The maximum absolute atomic E-state index is 14.9. The van der Waals surface area contributed by atoms with Gasteiger partial charge in [-0.3, -0.25) is 14.4 Å². The molecule has 10 heteroatoms. The number of fused-ring (bicyclic) bond motifs is 2. The van der Waals surface area contributed by atoms with Crippen LogP contribution in [0.2, 0.25) is 0 Å². The number of ether oxygens (including phenoxy) is 2. The van der Waals surface area contributed by atoms with Crippen molar-refractivity contribution in [1.29, 1.82) is 5.26 Å². The van der Waals surface area contributed by atoms with E-state index in [1.807, 2.05) is 0 Å². The van der Waals surface area contributed by atoms with Crippen molar-refractivity contribution in [2.45, 2.75) is 77.9 Å². The van der Waals surface area contributed by atoms with Crippen LogP contribution in [0.4, 0.5) is 4.39 Å². The van der Waals surface area contributed by atoms with Crippen molar-refractivity contribution < 1.29 is 33.4 Å². The molecule has 3 aliphatic rings. The van der Waals surface area contributed by atoms with E-state index in [-0.39, 0.29) is 53.5 Å². The average Bonchev–Trinajstić information content (AvgIpc) is 3.51. The predicted molar refractivity (Wildman–Crippen MR) is 140 cm³/mol. The first-order valence-electron chi connectivity index (χ1n) is 13.6. The van der Waals surface area contributed by atoms with Crippen LogP contribution in [0.3, 0.4) is 0 Å². The molecule has 4 atom stereocenters. The van der Waals surface area contributed by atoms with Crippen LogP contribution < -0.4 is 20.1 Å². The summed E-state index contributed by atoms with van der Waals surface area (Å²) >= 11 is 0. The number of hydrogen-bond donors (Lipinski definition) is 3. The zero-order valence-electron chi connectivity index (χ0n) is 23.0. The number of methoxy groups -OCH3 is 1. The molecule has 0 aromatic heterocycles. The van der Waals surface area contributed by atoms with E-state index in [4.69, 9.17) is 9.47 Å². The Hall–Kier alpha value is -3.35. The van der Waals surface area contributed by atoms with E-state index in [0.717, 1.165) is 25.3 Å². The Labute approximate surface area is 228 Å². The molecular formula is C29H38FN3O6. The molecule has 0 radical (unpaired) electrons. The van der Waals surface area contributed by atoms with Crippen LogP contribution in [-0.4, -0.2) is 48.7 Å². The Bertz CT molecular complexity index is 1170. The maximum Gasteiger partial charge on any atom is 0.309 e. The number of carbonyl (C=O) groups excluding carboxylic acids is 2. The summed E-state index contributed by atoms with van der Waals surface area (Å²) in [5.74, 6) is -2.30. The number of rotatable bonds is 9. The molecule has 3 aliphatic carbocycles. The number of halogens is 1. The Balaban J connectivity index is 1.48. The Morgan fingerprint density at radius 3 is 2.44 bits per heavy atom. The standard InChI is InChI=1S/C29H38FN3O6/c1-28(2,14-31)15-32-26(35)23-16-5-6-17(11-16)24(23)33-25(34)19-12-22(20(30)13-21(19)38-4)39-18-7-9-29(3,10-8-18)27(36)37/h12-13,16-18,23-24H,5-11,15H2,1-4H3,(H,32,35)(H,33,34)(H,36,37)/t16-,17+,18-,23+,24-,29+/m1/s1. The van der Waals surface area contributed by atoms with Gasteiger partial charge in [0.1, 0.15) is 5.75 Å². The molecule has 3 saturated carbocycles. The van der Waals surface area contributed by atoms with Crippen molar-refractivity contribution in [3.63, 3.8) is 0 Å². The lowest BCUT2D eigenvalue weighted by atomic mass is 9.75. The number of carbonyl (C=O) groups is 3. The third-order valence-electron chi connectivity index (χ3n) is 8.87. The minimum Gasteiger partial charge on any atom is -0.496 e. The van der Waals surface area contributed by atoms with Crippen LogP contribution in [0.25, 0.3) is 0 Å². The van der Waals surface area contributed by atoms with Crippen molar-refractivity contribution in [2.24, 2.45) is 28.6 Å². The summed E-state index contributed by atoms with van der Waals surface area (Å²) in [5, 5.41) is 24.7. The largest absolute Gasteiger partial charge is 0.496 e. The van der Waals surface area contributed by atoms with Gasteiger partial charge >= 0.3 is 5.97 Å². The summed E-state index contributed by atoms with van der Waals surface area (Å²) in [7, 11) is 1.35. The predicted octanol–water partition coefficient (Wildman–Crippen LogP) is 4.06. The number of hydrogen-bond acceptors (Lipinski definition) is 6. The fourth-order valence-corrected chi connectivity index (χ4v) is 6.28. The van der Waals surface area contributed by atoms with Crippen LogP contribution in [0, 0.1) is 45.7 Å². The summed E-state index contributed by atoms with van der Waals surface area (Å²) < 4.78 is 26.1. The molecule has 4 rings (SSSR count). The summed E-state index contributed by atoms with van der Waals surface area (Å²) in [6.07, 6.45) is 4.05. The zero-order valence-corrected chi connectivity index (χ0v) is 23.0. The molecule has 3 N–H and O–H groups in total. The number of nitrogens with zero attached hydrogens (tertiary/aromatic N) is 1. The van der Waals surface area contributed by atoms with Crippen molar-refractivity contribution in [2.75, 3.05) is 13.7 Å². The van der Waals surface area contributed by atoms with Crippen molar-refractivity contribution in [3.05, 3.63) is 23.5 Å². The van der Waals surface area contributed by atoms with E-state index in [0.29, 0.717) is 25.7 Å². The van der Waals surface area contributed by atoms with E-state index >= 15 is 0 Å². The SMILES string of the molecule is COc1cc(F)c(O[C@H]2CC[C@@](C)(C(=O)O)CC2)cc1C(=O)N[C@@H]1[C@H]2CC[C@H](C2)[C@@H]1C(=O)NCC(C)(C)C#N. The minimum atomic E-state index is -0.850. The van der Waals surface area contributed by atoms with Crippen molar-refractivity contribution in [1.82, 2.24) is 10.6 Å². The van der Waals surface area contributed by atoms with E-state index < -0.39 is 34.4 Å². The molecule has 1 aromatic carbocycles. The maximum atomic E-state index is 14.9. The molecule has 39 heavy (non-hydrogen) atoms. The zero-order chi connectivity index (χ0) is 28.5. The molecule has 0 spiro atoms. The summed E-state index contributed by atoms with van der Waals surface area (Å²) in [5.41, 5.74) is -1.42. The second-order valence-corrected chi connectivity index (χ2v) is 12.2. The van der Waals surface area contributed by atoms with Crippen molar-refractivity contribution in [3.8, 4) is 17.6 Å². The number of nitrogens with one attached hydrogen (secondary N) is 2. The lowest BCUT2D eigenvalue weighted by Gasteiger charge is -2.34. The van der Waals surface area contributed by atoms with E-state index in [9.17, 15) is 29.1 Å². The molecule has 3 fully saturated rings. The number of nitriles is 1. The van der Waals surface area contributed by atoms with Gasteiger partial charge in [0.15, 0.2) is 11.6 Å². The van der Waals surface area contributed by atoms with E-state index in [2.05, 4.69) is 16.7 Å². The van der Waals surface area contributed by atoms with Gasteiger partial charge in [-0.15, -0.1) is 0 Å². The van der Waals surface area contributed by atoms with E-state index in [1.165, 1.54) is 13.2 Å². The number of carboxylic acids is 1. The van der Waals surface area contributed by atoms with Crippen LogP contribution >= 0.6 is 0 Å². The summed E-state index contributed by atoms with van der Waals surface area (Å²) in [4.78, 5) is 38.2. The Kier molecular flexibility index (Phi) is 8.10. The van der Waals surface area contributed by atoms with Gasteiger partial charge in [0, 0.05) is 18.7 Å². The highest BCUT2D eigenvalue weighted by Gasteiger charge is 2.51. The van der Waals surface area contributed by atoms with E-state index in [1.54, 1.807) is 20.8 Å². The second-order valence-electron chi connectivity index (χ2n) is 12.2. The van der Waals surface area contributed by atoms with Crippen LogP contribution in [0.15, 0.2) is 12.1 Å². The van der Waals surface area contributed by atoms with Crippen LogP contribution in [-0.2, 0) is 9.59 Å². The number of aliphatic carboxylic acids is 1. The van der Waals surface area contributed by atoms with Crippen molar-refractivity contribution >= 4 is 17.8 Å². The van der Waals surface area contributed by atoms with Gasteiger partial charge < -0.3 is 25.2 Å². The van der Waals surface area contributed by atoms with Gasteiger partial charge in [0.2, 0.25) is 5.91 Å². The molecule has 9 nitrogen and oxygen atoms in total. The number of amides is 2. The molecule has 2 amide bonds. The first-order valence-corrected chi connectivity index (χ1v) is 13.6. The molecular weight excluding hydrogens is 505 g/mol. The third-order valence-corrected chi connectivity index (χ3v) is 8.87. The van der Waals surface area contributed by atoms with Gasteiger partial charge in [-0.1, -0.05) is 0 Å². The topological polar surface area (TPSA) is 138 Å². The third kappa shape index (κ3) is 5.97. The molecule has 2 bridgehead atoms. The quantitative estimate of drug-likeness (QED) is 0.427. The molecule has 0 unspecified atom stereocenters. The molecule has 0 saturated heterocycles. The summed E-state index contributed by atoms with van der Waals surface area (Å²) in [6.45, 7) is 5.43. The molecule has 212 valence electrons. The van der Waals surface area contributed by atoms with Gasteiger partial charge in [-0.25, -0.2) is 4.39 Å². The fourth-order valence-electron chi connectivity index (χ4n) is 6.28. The summed E-state index contributed by atoms with van der Waals surface area (Å²) in [6, 6.07) is 4.24. The highest BCUT2D eigenvalue weighted by molar-refractivity contribution is 5.98. The van der Waals surface area contributed by atoms with Gasteiger partial charge in [0.25, 0.3) is 5.91 Å². The molecule has 0 heterocycles. The van der Waals surface area contributed by atoms with Gasteiger partial charge in [-0.05, 0) is 83.6 Å². The minimum absolute atomic E-state index is 0.0550. The number of benzene rings is 1. The highest BCUT2D eigenvalue weighted by atomic mass is 19.1. The normalized spacial score (nSPS) is 29.8. The monoisotopic (exact) mass is 543 g/mol. The number of carboxylic acid groups (broad SMARTS) is 1. The molecule has 1 aromatic rings. The first-order chi connectivity index (χ1) is 18.4. The first kappa shape index (κ1) is 28.7. The smallest absolute Gasteiger partial charge is 0.309 e. The van der Waals surface area contributed by atoms with Gasteiger partial charge in [0.05, 0.1) is 41.6 Å². The van der Waals surface area contributed by atoms with Crippen LogP contribution in [0.5, 0.6) is 11.5 Å². The second kappa shape index (κ2) is 11.0. The fraction of sp³-hybridized carbons (Fsp3) is 0.655. The lowest BCUT2D eigenvalue weighted by molar-refractivity contribution is -0.150. The average molecular weight is 544 g/mol. The molecule has 0 aliphatic heterocycles.